The van der Waals surface area contributed by atoms with E-state index in [1.165, 1.54) is 0 Å². The Labute approximate surface area is 156 Å². The summed E-state index contributed by atoms with van der Waals surface area (Å²) in [5.41, 5.74) is 1.82. The zero-order valence-electron chi connectivity index (χ0n) is 15.3. The van der Waals surface area contributed by atoms with Gasteiger partial charge in [0.1, 0.15) is 5.78 Å². The number of nitrogens with zero attached hydrogens (tertiary/aromatic N) is 1. The Morgan fingerprint density at radius 2 is 1.50 bits per heavy atom. The highest BCUT2D eigenvalue weighted by Gasteiger charge is 2.51. The molecule has 26 heavy (non-hydrogen) atoms. The first-order chi connectivity index (χ1) is 12.8. The summed E-state index contributed by atoms with van der Waals surface area (Å²) in [6.45, 7) is 4.70. The van der Waals surface area contributed by atoms with Crippen LogP contribution in [0.5, 0.6) is 0 Å². The van der Waals surface area contributed by atoms with Crippen LogP contribution in [0.3, 0.4) is 0 Å². The summed E-state index contributed by atoms with van der Waals surface area (Å²) in [7, 11) is 0. The molecule has 1 atom stereocenters. The molecule has 0 aromatic heterocycles. The van der Waals surface area contributed by atoms with Gasteiger partial charge in [-0.2, -0.15) is 0 Å². The fourth-order valence-corrected chi connectivity index (χ4v) is 4.83. The van der Waals surface area contributed by atoms with Gasteiger partial charge in [0.2, 0.25) is 0 Å². The number of ether oxygens (including phenoxy) is 1. The first-order valence-corrected chi connectivity index (χ1v) is 9.76. The highest BCUT2D eigenvalue weighted by molar-refractivity contribution is 5.96. The molecule has 136 valence electrons. The first kappa shape index (κ1) is 17.4. The van der Waals surface area contributed by atoms with Gasteiger partial charge in [0.05, 0.1) is 18.6 Å². The fraction of sp³-hybridized carbons (Fsp3) is 0.435. The Kier molecular flexibility index (Phi) is 5.18. The second-order valence-corrected chi connectivity index (χ2v) is 7.44. The van der Waals surface area contributed by atoms with Crippen molar-refractivity contribution in [3.8, 4) is 0 Å². The van der Waals surface area contributed by atoms with Crippen LogP contribution in [-0.4, -0.2) is 43.5 Å². The molecular weight excluding hydrogens is 322 g/mol. The SMILES string of the molecule is O=C1CCC(CCN2CCOCC2)C1(c1ccccc1)c1ccccc1. The maximum atomic E-state index is 13.3. The van der Waals surface area contributed by atoms with Crippen LogP contribution < -0.4 is 0 Å². The number of carbonyl (C=O) groups is 1. The van der Waals surface area contributed by atoms with E-state index in [-0.39, 0.29) is 0 Å². The molecule has 1 heterocycles. The lowest BCUT2D eigenvalue weighted by atomic mass is 9.66. The van der Waals surface area contributed by atoms with E-state index in [9.17, 15) is 4.79 Å². The molecule has 0 bridgehead atoms. The number of hydrogen-bond acceptors (Lipinski definition) is 3. The number of rotatable bonds is 5. The molecule has 1 saturated carbocycles. The molecule has 1 aliphatic carbocycles. The number of hydrogen-bond donors (Lipinski definition) is 0. The molecule has 0 radical (unpaired) electrons. The largest absolute Gasteiger partial charge is 0.379 e. The number of benzene rings is 2. The summed E-state index contributed by atoms with van der Waals surface area (Å²) in [6.07, 6.45) is 2.71. The molecule has 4 rings (SSSR count). The van der Waals surface area contributed by atoms with Crippen molar-refractivity contribution in [3.05, 3.63) is 71.8 Å². The van der Waals surface area contributed by atoms with Crippen molar-refractivity contribution in [2.75, 3.05) is 32.8 Å². The van der Waals surface area contributed by atoms with Gasteiger partial charge < -0.3 is 4.74 Å². The predicted molar refractivity (Wildman–Crippen MR) is 103 cm³/mol. The van der Waals surface area contributed by atoms with E-state index in [2.05, 4.69) is 53.4 Å². The van der Waals surface area contributed by atoms with E-state index < -0.39 is 5.41 Å². The smallest absolute Gasteiger partial charge is 0.148 e. The van der Waals surface area contributed by atoms with Crippen LogP contribution in [-0.2, 0) is 14.9 Å². The maximum Gasteiger partial charge on any atom is 0.148 e. The van der Waals surface area contributed by atoms with E-state index in [1.54, 1.807) is 0 Å². The molecule has 2 fully saturated rings. The molecule has 3 nitrogen and oxygen atoms in total. The summed E-state index contributed by atoms with van der Waals surface area (Å²) in [5.74, 6) is 0.726. The molecule has 0 spiro atoms. The van der Waals surface area contributed by atoms with Gasteiger partial charge in [0, 0.05) is 19.5 Å². The van der Waals surface area contributed by atoms with Gasteiger partial charge >= 0.3 is 0 Å². The Bertz CT molecular complexity index is 683. The van der Waals surface area contributed by atoms with Crippen LogP contribution >= 0.6 is 0 Å². The lowest BCUT2D eigenvalue weighted by Gasteiger charge is -2.37. The first-order valence-electron chi connectivity index (χ1n) is 9.76. The number of ketones is 1. The minimum atomic E-state index is -0.491. The second kappa shape index (κ2) is 7.73. The third kappa shape index (κ3) is 3.10. The average molecular weight is 349 g/mol. The summed E-state index contributed by atoms with van der Waals surface area (Å²) in [4.78, 5) is 15.8. The number of carbonyl (C=O) groups excluding carboxylic acids is 1. The molecule has 1 aliphatic heterocycles. The highest BCUT2D eigenvalue weighted by atomic mass is 16.5. The van der Waals surface area contributed by atoms with Gasteiger partial charge in [-0.25, -0.2) is 0 Å². The Balaban J connectivity index is 1.68. The zero-order valence-corrected chi connectivity index (χ0v) is 15.3. The van der Waals surface area contributed by atoms with Gasteiger partial charge in [-0.1, -0.05) is 60.7 Å². The van der Waals surface area contributed by atoms with Crippen LogP contribution in [0.1, 0.15) is 30.4 Å². The quantitative estimate of drug-likeness (QED) is 0.825. The van der Waals surface area contributed by atoms with Crippen LogP contribution in [0, 0.1) is 5.92 Å². The summed E-state index contributed by atoms with van der Waals surface area (Å²) >= 11 is 0. The van der Waals surface area contributed by atoms with Crippen LogP contribution in [0.15, 0.2) is 60.7 Å². The minimum Gasteiger partial charge on any atom is -0.379 e. The summed E-state index contributed by atoms with van der Waals surface area (Å²) in [6, 6.07) is 20.9. The molecular formula is C23H27NO2. The minimum absolute atomic E-state index is 0.350. The average Bonchev–Trinajstić information content (AvgIpc) is 3.05. The van der Waals surface area contributed by atoms with E-state index in [4.69, 9.17) is 4.74 Å². The predicted octanol–water partition coefficient (Wildman–Crippen LogP) is 3.67. The zero-order chi connectivity index (χ0) is 17.8. The molecule has 0 N–H and O–H groups in total. The standard InChI is InChI=1S/C23H27NO2/c25-22-12-11-21(13-14-24-15-17-26-18-16-24)23(22,19-7-3-1-4-8-19)20-9-5-2-6-10-20/h1-10,21H,11-18H2. The third-order valence-corrected chi connectivity index (χ3v) is 6.13. The van der Waals surface area contributed by atoms with Gasteiger partial charge in [0.15, 0.2) is 0 Å². The van der Waals surface area contributed by atoms with E-state index in [0.717, 1.165) is 56.8 Å². The fourth-order valence-electron chi connectivity index (χ4n) is 4.83. The van der Waals surface area contributed by atoms with Crippen molar-refractivity contribution in [2.45, 2.75) is 24.7 Å². The molecule has 0 amide bonds. The van der Waals surface area contributed by atoms with Gasteiger partial charge in [-0.05, 0) is 36.4 Å². The molecule has 2 aliphatic rings. The van der Waals surface area contributed by atoms with Crippen LogP contribution in [0.4, 0.5) is 0 Å². The van der Waals surface area contributed by atoms with Crippen molar-refractivity contribution in [1.29, 1.82) is 0 Å². The van der Waals surface area contributed by atoms with Crippen LogP contribution in [0.2, 0.25) is 0 Å². The second-order valence-electron chi connectivity index (χ2n) is 7.44. The molecule has 1 saturated heterocycles. The lowest BCUT2D eigenvalue weighted by molar-refractivity contribution is -0.121. The van der Waals surface area contributed by atoms with Gasteiger partial charge in [-0.3, -0.25) is 9.69 Å². The van der Waals surface area contributed by atoms with Crippen molar-refractivity contribution in [2.24, 2.45) is 5.92 Å². The highest BCUT2D eigenvalue weighted by Crippen LogP contribution is 2.49. The topological polar surface area (TPSA) is 29.5 Å². The summed E-state index contributed by atoms with van der Waals surface area (Å²) in [5, 5.41) is 0. The Morgan fingerprint density at radius 3 is 2.08 bits per heavy atom. The number of Topliss-reactive ketones (excluding diaryl/α,β-unsaturated/α-hetero) is 1. The van der Waals surface area contributed by atoms with Crippen LogP contribution in [0.25, 0.3) is 0 Å². The molecule has 3 heteroatoms. The lowest BCUT2D eigenvalue weighted by Crippen LogP contribution is -2.42. The monoisotopic (exact) mass is 349 g/mol. The molecule has 2 aromatic rings. The Hall–Kier alpha value is -1.97. The van der Waals surface area contributed by atoms with E-state index >= 15 is 0 Å². The van der Waals surface area contributed by atoms with Gasteiger partial charge in [-0.15, -0.1) is 0 Å². The van der Waals surface area contributed by atoms with Crippen molar-refractivity contribution < 1.29 is 9.53 Å². The van der Waals surface area contributed by atoms with Gasteiger partial charge in [0.25, 0.3) is 0 Å². The number of morpholine rings is 1. The van der Waals surface area contributed by atoms with Crippen molar-refractivity contribution in [1.82, 2.24) is 4.90 Å². The molecule has 2 aromatic carbocycles. The Morgan fingerprint density at radius 1 is 0.923 bits per heavy atom. The van der Waals surface area contributed by atoms with E-state index in [0.29, 0.717) is 18.1 Å². The van der Waals surface area contributed by atoms with E-state index in [1.807, 2.05) is 12.1 Å². The summed E-state index contributed by atoms with van der Waals surface area (Å²) < 4.78 is 5.47. The molecule has 1 unspecified atom stereocenters. The van der Waals surface area contributed by atoms with Crippen molar-refractivity contribution >= 4 is 5.78 Å². The normalized spacial score (nSPS) is 23.2. The maximum absolute atomic E-state index is 13.3. The third-order valence-electron chi connectivity index (χ3n) is 6.13. The van der Waals surface area contributed by atoms with Crippen molar-refractivity contribution in [3.63, 3.8) is 0 Å².